The highest BCUT2D eigenvalue weighted by Crippen LogP contribution is 2.30. The lowest BCUT2D eigenvalue weighted by Gasteiger charge is -2.10. The van der Waals surface area contributed by atoms with Crippen LogP contribution in [0.2, 0.25) is 0 Å². The molecule has 1 fully saturated rings. The topological polar surface area (TPSA) is 9.23 Å². The number of alkyl halides is 1. The van der Waals surface area contributed by atoms with E-state index in [0.717, 1.165) is 6.42 Å². The van der Waals surface area contributed by atoms with Crippen molar-refractivity contribution in [2.75, 3.05) is 0 Å². The minimum Gasteiger partial charge on any atom is -0.372 e. The van der Waals surface area contributed by atoms with Crippen LogP contribution in [-0.4, -0.2) is 18.4 Å². The smallest absolute Gasteiger partial charge is 0.131 e. The first-order valence-corrected chi connectivity index (χ1v) is 3.96. The number of rotatable bonds is 1. The van der Waals surface area contributed by atoms with E-state index in [2.05, 4.69) is 0 Å². The third-order valence-corrected chi connectivity index (χ3v) is 2.33. The van der Waals surface area contributed by atoms with E-state index in [1.54, 1.807) is 6.92 Å². The maximum absolute atomic E-state index is 13.0. The number of halogens is 1. The number of ether oxygens (including phenoxy) is 1. The molecule has 4 atom stereocenters. The Morgan fingerprint density at radius 1 is 1.40 bits per heavy atom. The molecule has 1 heterocycles. The molecular weight excluding hydrogens is 130 g/mol. The van der Waals surface area contributed by atoms with Crippen molar-refractivity contribution in [2.24, 2.45) is 5.92 Å². The summed E-state index contributed by atoms with van der Waals surface area (Å²) in [4.78, 5) is 0. The highest BCUT2D eigenvalue weighted by molar-refractivity contribution is 4.84. The van der Waals surface area contributed by atoms with E-state index >= 15 is 0 Å². The van der Waals surface area contributed by atoms with Crippen LogP contribution in [0.4, 0.5) is 4.39 Å². The number of hydrogen-bond donors (Lipinski definition) is 0. The van der Waals surface area contributed by atoms with Gasteiger partial charge in [0.25, 0.3) is 0 Å². The molecule has 0 bridgehead atoms. The Morgan fingerprint density at radius 2 is 2.00 bits per heavy atom. The zero-order chi connectivity index (χ0) is 7.72. The van der Waals surface area contributed by atoms with Crippen molar-refractivity contribution in [3.05, 3.63) is 0 Å². The fourth-order valence-electron chi connectivity index (χ4n) is 1.58. The second-order valence-corrected chi connectivity index (χ2v) is 3.09. The van der Waals surface area contributed by atoms with Crippen LogP contribution in [0.5, 0.6) is 0 Å². The summed E-state index contributed by atoms with van der Waals surface area (Å²) in [5.41, 5.74) is 0. The molecule has 1 rings (SSSR count). The van der Waals surface area contributed by atoms with Gasteiger partial charge in [0, 0.05) is 5.92 Å². The van der Waals surface area contributed by atoms with E-state index in [1.165, 1.54) is 0 Å². The van der Waals surface area contributed by atoms with Gasteiger partial charge in [-0.25, -0.2) is 4.39 Å². The summed E-state index contributed by atoms with van der Waals surface area (Å²) >= 11 is 0. The summed E-state index contributed by atoms with van der Waals surface area (Å²) in [6, 6.07) is 0. The molecule has 1 nitrogen and oxygen atoms in total. The molecule has 0 aliphatic carbocycles. The van der Waals surface area contributed by atoms with Gasteiger partial charge in [0.05, 0.1) is 12.2 Å². The maximum Gasteiger partial charge on any atom is 0.131 e. The highest BCUT2D eigenvalue weighted by Gasteiger charge is 2.38. The van der Waals surface area contributed by atoms with Gasteiger partial charge in [-0.2, -0.15) is 0 Å². The van der Waals surface area contributed by atoms with Gasteiger partial charge in [-0.3, -0.25) is 0 Å². The molecular formula is C8H15FO. The van der Waals surface area contributed by atoms with Gasteiger partial charge in [-0.1, -0.05) is 13.8 Å². The molecule has 0 aromatic heterocycles. The van der Waals surface area contributed by atoms with Gasteiger partial charge in [0.2, 0.25) is 0 Å². The zero-order valence-corrected chi connectivity index (χ0v) is 6.80. The number of hydrogen-bond acceptors (Lipinski definition) is 1. The molecule has 10 heavy (non-hydrogen) atoms. The molecule has 1 saturated heterocycles. The monoisotopic (exact) mass is 145 g/mol. The van der Waals surface area contributed by atoms with Crippen molar-refractivity contribution >= 4 is 0 Å². The van der Waals surface area contributed by atoms with Crippen molar-refractivity contribution in [1.29, 1.82) is 0 Å². The third kappa shape index (κ3) is 1.17. The van der Waals surface area contributed by atoms with Crippen LogP contribution < -0.4 is 0 Å². The summed E-state index contributed by atoms with van der Waals surface area (Å²) in [5, 5.41) is 0. The summed E-state index contributed by atoms with van der Waals surface area (Å²) in [5.74, 6) is 0.0833. The molecule has 0 amide bonds. The van der Waals surface area contributed by atoms with Gasteiger partial charge >= 0.3 is 0 Å². The Hall–Kier alpha value is -0.110. The summed E-state index contributed by atoms with van der Waals surface area (Å²) < 4.78 is 18.4. The van der Waals surface area contributed by atoms with E-state index in [1.807, 2.05) is 13.8 Å². The van der Waals surface area contributed by atoms with Crippen molar-refractivity contribution in [3.63, 3.8) is 0 Å². The first kappa shape index (κ1) is 7.99. The zero-order valence-electron chi connectivity index (χ0n) is 6.80. The second kappa shape index (κ2) is 2.87. The molecule has 0 N–H and O–H groups in total. The Labute approximate surface area is 61.6 Å². The van der Waals surface area contributed by atoms with Gasteiger partial charge in [0.15, 0.2) is 0 Å². The SMILES string of the molecule is CCC1OC(C)C([18F])C1C. The lowest BCUT2D eigenvalue weighted by molar-refractivity contribution is 0.0349. The van der Waals surface area contributed by atoms with E-state index in [-0.39, 0.29) is 18.1 Å². The fraction of sp³-hybridized carbons (Fsp3) is 1.00. The molecule has 1 aliphatic heterocycles. The van der Waals surface area contributed by atoms with Crippen LogP contribution in [-0.2, 0) is 4.74 Å². The third-order valence-electron chi connectivity index (χ3n) is 2.33. The standard InChI is InChI=1S/C8H15FO/c1-4-7-5(2)8(9)6(3)10-7/h5-8H,4H2,1-3H3/i9-1. The lowest BCUT2D eigenvalue weighted by Crippen LogP contribution is -2.18. The van der Waals surface area contributed by atoms with E-state index in [9.17, 15) is 4.39 Å². The molecule has 0 radical (unpaired) electrons. The average Bonchev–Trinajstić information content (AvgIpc) is 2.17. The van der Waals surface area contributed by atoms with Gasteiger partial charge < -0.3 is 4.74 Å². The molecule has 1 aliphatic rings. The van der Waals surface area contributed by atoms with Gasteiger partial charge in [-0.05, 0) is 13.3 Å². The second-order valence-electron chi connectivity index (χ2n) is 3.09. The largest absolute Gasteiger partial charge is 0.372 e. The van der Waals surface area contributed by atoms with E-state index in [0.29, 0.717) is 0 Å². The molecule has 0 saturated carbocycles. The predicted molar refractivity (Wildman–Crippen MR) is 38.7 cm³/mol. The first-order valence-electron chi connectivity index (χ1n) is 3.96. The van der Waals surface area contributed by atoms with Crippen LogP contribution in [0, 0.1) is 5.92 Å². The minimum atomic E-state index is -0.759. The molecule has 60 valence electrons. The quantitative estimate of drug-likeness (QED) is 0.549. The van der Waals surface area contributed by atoms with Crippen LogP contribution >= 0.6 is 0 Å². The van der Waals surface area contributed by atoms with Gasteiger partial charge in [0.1, 0.15) is 6.17 Å². The van der Waals surface area contributed by atoms with E-state index < -0.39 is 6.17 Å². The molecule has 2 heteroatoms. The molecule has 4 unspecified atom stereocenters. The maximum atomic E-state index is 13.0. The predicted octanol–water partition coefficient (Wildman–Crippen LogP) is 2.16. The normalized spacial score (nSPS) is 48.0. The minimum absolute atomic E-state index is 0.0833. The van der Waals surface area contributed by atoms with Crippen molar-refractivity contribution in [3.8, 4) is 0 Å². The highest BCUT2D eigenvalue weighted by atomic mass is 18.2. The fourth-order valence-corrected chi connectivity index (χ4v) is 1.58. The summed E-state index contributed by atoms with van der Waals surface area (Å²) in [6.07, 6.45) is 0.112. The van der Waals surface area contributed by atoms with Crippen LogP contribution in [0.25, 0.3) is 0 Å². The van der Waals surface area contributed by atoms with Crippen LogP contribution in [0.15, 0.2) is 0 Å². The Kier molecular flexibility index (Phi) is 2.29. The summed E-state index contributed by atoms with van der Waals surface area (Å²) in [6.45, 7) is 5.76. The van der Waals surface area contributed by atoms with Gasteiger partial charge in [-0.15, -0.1) is 0 Å². The lowest BCUT2D eigenvalue weighted by atomic mass is 9.98. The Morgan fingerprint density at radius 3 is 2.20 bits per heavy atom. The molecule has 0 spiro atoms. The van der Waals surface area contributed by atoms with Crippen molar-refractivity contribution in [2.45, 2.75) is 45.6 Å². The molecule has 0 aromatic rings. The first-order chi connectivity index (χ1) is 4.66. The van der Waals surface area contributed by atoms with E-state index in [4.69, 9.17) is 4.74 Å². The average molecular weight is 145 g/mol. The van der Waals surface area contributed by atoms with Crippen LogP contribution in [0.3, 0.4) is 0 Å². The van der Waals surface area contributed by atoms with Crippen molar-refractivity contribution < 1.29 is 9.13 Å². The Bertz CT molecular complexity index is 116. The summed E-state index contributed by atoms with van der Waals surface area (Å²) in [7, 11) is 0. The van der Waals surface area contributed by atoms with Crippen molar-refractivity contribution in [1.82, 2.24) is 0 Å². The Balaban J connectivity index is 2.53. The van der Waals surface area contributed by atoms with Crippen LogP contribution in [0.1, 0.15) is 27.2 Å². The molecule has 0 aromatic carbocycles.